The number of ether oxygens (including phenoxy) is 2. The molecule has 0 saturated carbocycles. The van der Waals surface area contributed by atoms with Gasteiger partial charge in [-0.2, -0.15) is 0 Å². The van der Waals surface area contributed by atoms with E-state index in [9.17, 15) is 0 Å². The van der Waals surface area contributed by atoms with Crippen LogP contribution in [0.25, 0.3) is 0 Å². The van der Waals surface area contributed by atoms with Crippen molar-refractivity contribution >= 4 is 15.9 Å². The highest BCUT2D eigenvalue weighted by Gasteiger charge is 2.27. The van der Waals surface area contributed by atoms with E-state index in [2.05, 4.69) is 40.3 Å². The third-order valence-corrected chi connectivity index (χ3v) is 4.19. The molecule has 2 unspecified atom stereocenters. The second kappa shape index (κ2) is 8.01. The lowest BCUT2D eigenvalue weighted by Gasteiger charge is -2.25. The summed E-state index contributed by atoms with van der Waals surface area (Å²) in [5.41, 5.74) is 1.26. The summed E-state index contributed by atoms with van der Waals surface area (Å²) in [4.78, 5) is 0. The Morgan fingerprint density at radius 2 is 2.30 bits per heavy atom. The fraction of sp³-hybridized carbons (Fsp3) is 0.625. The number of halogens is 1. The van der Waals surface area contributed by atoms with Gasteiger partial charge >= 0.3 is 0 Å². The molecule has 1 saturated heterocycles. The minimum atomic E-state index is 0.268. The molecule has 4 heteroatoms. The van der Waals surface area contributed by atoms with Gasteiger partial charge in [-0.1, -0.05) is 13.0 Å². The Morgan fingerprint density at radius 3 is 2.90 bits per heavy atom. The van der Waals surface area contributed by atoms with Crippen LogP contribution in [0.1, 0.15) is 44.7 Å². The van der Waals surface area contributed by atoms with E-state index in [1.54, 1.807) is 0 Å². The molecule has 1 aromatic carbocycles. The Kier molecular flexibility index (Phi) is 6.33. The van der Waals surface area contributed by atoms with Crippen molar-refractivity contribution in [2.45, 2.75) is 45.3 Å². The van der Waals surface area contributed by atoms with Gasteiger partial charge in [0, 0.05) is 6.61 Å². The smallest absolute Gasteiger partial charge is 0.133 e. The highest BCUT2D eigenvalue weighted by atomic mass is 79.9. The quantitative estimate of drug-likeness (QED) is 0.810. The zero-order valence-corrected chi connectivity index (χ0v) is 13.9. The summed E-state index contributed by atoms with van der Waals surface area (Å²) >= 11 is 3.60. The maximum atomic E-state index is 5.88. The normalized spacial score (nSPS) is 20.1. The zero-order valence-electron chi connectivity index (χ0n) is 12.3. The van der Waals surface area contributed by atoms with Gasteiger partial charge in [0.15, 0.2) is 0 Å². The van der Waals surface area contributed by atoms with Crippen LogP contribution in [0.3, 0.4) is 0 Å². The molecule has 0 spiro atoms. The highest BCUT2D eigenvalue weighted by molar-refractivity contribution is 9.10. The van der Waals surface area contributed by atoms with Crippen LogP contribution in [0.5, 0.6) is 5.75 Å². The maximum Gasteiger partial charge on any atom is 0.133 e. The molecule has 1 heterocycles. The molecular weight excluding hydrogens is 318 g/mol. The van der Waals surface area contributed by atoms with Gasteiger partial charge < -0.3 is 14.8 Å². The summed E-state index contributed by atoms with van der Waals surface area (Å²) in [5.74, 6) is 0.901. The summed E-state index contributed by atoms with van der Waals surface area (Å²) in [6.45, 7) is 6.76. The molecule has 20 heavy (non-hydrogen) atoms. The van der Waals surface area contributed by atoms with Crippen LogP contribution in [0.2, 0.25) is 0 Å². The first-order valence-electron chi connectivity index (χ1n) is 7.53. The van der Waals surface area contributed by atoms with Gasteiger partial charge in [-0.15, -0.1) is 0 Å². The molecule has 1 fully saturated rings. The van der Waals surface area contributed by atoms with E-state index >= 15 is 0 Å². The summed E-state index contributed by atoms with van der Waals surface area (Å²) in [5, 5.41) is 3.62. The number of hydrogen-bond donors (Lipinski definition) is 1. The Balaban J connectivity index is 2.16. The molecule has 0 aliphatic carbocycles. The maximum absolute atomic E-state index is 5.88. The zero-order chi connectivity index (χ0) is 14.4. The van der Waals surface area contributed by atoms with Crippen molar-refractivity contribution in [3.8, 4) is 5.75 Å². The molecule has 0 amide bonds. The monoisotopic (exact) mass is 341 g/mol. The second-order valence-electron chi connectivity index (χ2n) is 5.11. The number of hydrogen-bond acceptors (Lipinski definition) is 3. The van der Waals surface area contributed by atoms with Gasteiger partial charge in [-0.3, -0.25) is 0 Å². The lowest BCUT2D eigenvalue weighted by atomic mass is 9.99. The lowest BCUT2D eigenvalue weighted by Crippen LogP contribution is -2.32. The minimum absolute atomic E-state index is 0.268. The largest absolute Gasteiger partial charge is 0.493 e. The molecule has 2 rings (SSSR count). The molecule has 2 atom stereocenters. The molecule has 1 aliphatic rings. The molecular formula is C16H24BrNO2. The standard InChI is InChI=1S/C16H24BrNO2/c1-3-9-18-16(15-6-5-10-20-15)12-7-8-14(19-4-2)13(17)11-12/h7-8,11,15-16,18H,3-6,9-10H2,1-2H3. The van der Waals surface area contributed by atoms with Gasteiger partial charge in [0.25, 0.3) is 0 Å². The van der Waals surface area contributed by atoms with Crippen molar-refractivity contribution in [1.82, 2.24) is 5.32 Å². The average Bonchev–Trinajstić information content (AvgIpc) is 2.96. The molecule has 112 valence electrons. The SMILES string of the molecule is CCCNC(c1ccc(OCC)c(Br)c1)C1CCCO1. The number of benzene rings is 1. The van der Waals surface area contributed by atoms with Crippen molar-refractivity contribution < 1.29 is 9.47 Å². The van der Waals surface area contributed by atoms with E-state index in [0.717, 1.165) is 42.6 Å². The third kappa shape index (κ3) is 3.96. The fourth-order valence-corrected chi connectivity index (χ4v) is 3.12. The molecule has 1 aliphatic heterocycles. The number of nitrogens with one attached hydrogen (secondary N) is 1. The van der Waals surface area contributed by atoms with Crippen LogP contribution >= 0.6 is 15.9 Å². The number of rotatable bonds is 7. The van der Waals surface area contributed by atoms with Crippen LogP contribution in [-0.2, 0) is 4.74 Å². The molecule has 0 bridgehead atoms. The summed E-state index contributed by atoms with van der Waals surface area (Å²) in [6, 6.07) is 6.60. The second-order valence-corrected chi connectivity index (χ2v) is 5.96. The first-order valence-corrected chi connectivity index (χ1v) is 8.32. The van der Waals surface area contributed by atoms with Crippen molar-refractivity contribution in [3.63, 3.8) is 0 Å². The topological polar surface area (TPSA) is 30.5 Å². The van der Waals surface area contributed by atoms with E-state index in [0.29, 0.717) is 6.61 Å². The first-order chi connectivity index (χ1) is 9.76. The Bertz CT molecular complexity index is 419. The highest BCUT2D eigenvalue weighted by Crippen LogP contribution is 2.32. The van der Waals surface area contributed by atoms with Crippen LogP contribution in [0, 0.1) is 0 Å². The first kappa shape index (κ1) is 15.8. The van der Waals surface area contributed by atoms with Crippen molar-refractivity contribution in [3.05, 3.63) is 28.2 Å². The van der Waals surface area contributed by atoms with E-state index in [1.165, 1.54) is 5.56 Å². The summed E-state index contributed by atoms with van der Waals surface area (Å²) < 4.78 is 12.5. The average molecular weight is 342 g/mol. The van der Waals surface area contributed by atoms with E-state index < -0.39 is 0 Å². The summed E-state index contributed by atoms with van der Waals surface area (Å²) in [7, 11) is 0. The van der Waals surface area contributed by atoms with Crippen molar-refractivity contribution in [1.29, 1.82) is 0 Å². The van der Waals surface area contributed by atoms with Crippen molar-refractivity contribution in [2.24, 2.45) is 0 Å². The fourth-order valence-electron chi connectivity index (χ4n) is 2.61. The van der Waals surface area contributed by atoms with Crippen molar-refractivity contribution in [2.75, 3.05) is 19.8 Å². The van der Waals surface area contributed by atoms with E-state index in [1.807, 2.05) is 13.0 Å². The van der Waals surface area contributed by atoms with Gasteiger partial charge in [-0.05, 0) is 66.4 Å². The van der Waals surface area contributed by atoms with Gasteiger partial charge in [0.2, 0.25) is 0 Å². The molecule has 0 aromatic heterocycles. The van der Waals surface area contributed by atoms with E-state index in [-0.39, 0.29) is 12.1 Å². The predicted octanol–water partition coefficient (Wildman–Crippen LogP) is 4.07. The van der Waals surface area contributed by atoms with Crippen LogP contribution in [-0.4, -0.2) is 25.9 Å². The van der Waals surface area contributed by atoms with Gasteiger partial charge in [0.05, 0.1) is 23.2 Å². The predicted molar refractivity (Wildman–Crippen MR) is 85.3 cm³/mol. The van der Waals surface area contributed by atoms with Crippen LogP contribution in [0.15, 0.2) is 22.7 Å². The Morgan fingerprint density at radius 1 is 1.45 bits per heavy atom. The summed E-state index contributed by atoms with van der Waals surface area (Å²) in [6.07, 6.45) is 3.70. The molecule has 3 nitrogen and oxygen atoms in total. The Hall–Kier alpha value is -0.580. The third-order valence-electron chi connectivity index (χ3n) is 3.57. The Labute approximate surface area is 130 Å². The lowest BCUT2D eigenvalue weighted by molar-refractivity contribution is 0.0782. The molecule has 1 N–H and O–H groups in total. The van der Waals surface area contributed by atoms with Crippen LogP contribution < -0.4 is 10.1 Å². The van der Waals surface area contributed by atoms with Gasteiger partial charge in [-0.25, -0.2) is 0 Å². The molecule has 0 radical (unpaired) electrons. The van der Waals surface area contributed by atoms with E-state index in [4.69, 9.17) is 9.47 Å². The van der Waals surface area contributed by atoms with Crippen LogP contribution in [0.4, 0.5) is 0 Å². The van der Waals surface area contributed by atoms with Gasteiger partial charge in [0.1, 0.15) is 5.75 Å². The molecule has 1 aromatic rings. The minimum Gasteiger partial charge on any atom is -0.493 e.